The van der Waals surface area contributed by atoms with E-state index in [-0.39, 0.29) is 11.6 Å². The van der Waals surface area contributed by atoms with Gasteiger partial charge >= 0.3 is 6.18 Å². The van der Waals surface area contributed by atoms with E-state index >= 15 is 0 Å². The first kappa shape index (κ1) is 18.4. The number of nitrogens with zero attached hydrogens (tertiary/aromatic N) is 2. The van der Waals surface area contributed by atoms with Gasteiger partial charge in [-0.3, -0.25) is 4.90 Å². The van der Waals surface area contributed by atoms with Gasteiger partial charge in [-0.05, 0) is 48.6 Å². The van der Waals surface area contributed by atoms with E-state index in [4.69, 9.17) is 12.2 Å². The lowest BCUT2D eigenvalue weighted by molar-refractivity contribution is -0.367. The first-order chi connectivity index (χ1) is 12.3. The number of thiocarbonyl (C=S) groups is 1. The van der Waals surface area contributed by atoms with E-state index in [0.717, 1.165) is 6.07 Å². The Bertz CT molecular complexity index is 771. The fourth-order valence-corrected chi connectivity index (χ4v) is 3.09. The van der Waals surface area contributed by atoms with Crippen LogP contribution >= 0.6 is 12.2 Å². The van der Waals surface area contributed by atoms with E-state index in [9.17, 15) is 17.6 Å². The van der Waals surface area contributed by atoms with Crippen molar-refractivity contribution in [1.29, 1.82) is 0 Å². The maximum Gasteiger partial charge on any atom is 0.424 e. The summed E-state index contributed by atoms with van der Waals surface area (Å²) < 4.78 is 52.4. The van der Waals surface area contributed by atoms with Crippen molar-refractivity contribution >= 4 is 28.8 Å². The zero-order valence-corrected chi connectivity index (χ0v) is 14.5. The summed E-state index contributed by atoms with van der Waals surface area (Å²) in [6, 6.07) is 8.21. The van der Waals surface area contributed by atoms with E-state index < -0.39 is 11.7 Å². The van der Waals surface area contributed by atoms with Crippen molar-refractivity contribution in [3.05, 3.63) is 54.0 Å². The van der Waals surface area contributed by atoms with Gasteiger partial charge < -0.3 is 10.2 Å². The highest BCUT2D eigenvalue weighted by molar-refractivity contribution is 7.80. The largest absolute Gasteiger partial charge is 0.424 e. The van der Waals surface area contributed by atoms with Gasteiger partial charge in [0.15, 0.2) is 5.11 Å². The molecule has 0 aliphatic carbocycles. The number of aromatic nitrogens is 1. The third-order valence-electron chi connectivity index (χ3n) is 4.12. The zero-order valence-electron chi connectivity index (χ0n) is 13.7. The lowest BCUT2D eigenvalue weighted by Gasteiger charge is -2.33. The lowest BCUT2D eigenvalue weighted by atomic mass is 10.2. The molecule has 3 rings (SSSR count). The minimum Gasteiger partial charge on any atom is -0.341 e. The quantitative estimate of drug-likeness (QED) is 0.636. The molecule has 1 fully saturated rings. The van der Waals surface area contributed by atoms with Crippen LogP contribution in [0.3, 0.4) is 0 Å². The number of anilines is 2. The highest BCUT2D eigenvalue weighted by Crippen LogP contribution is 2.34. The normalized spacial score (nSPS) is 15.1. The van der Waals surface area contributed by atoms with Crippen molar-refractivity contribution in [1.82, 2.24) is 4.90 Å². The number of hydrogen-bond donors (Lipinski definition) is 1. The molecule has 0 spiro atoms. The second-order valence-corrected chi connectivity index (χ2v) is 6.23. The molecule has 0 amide bonds. The van der Waals surface area contributed by atoms with Crippen LogP contribution in [0.5, 0.6) is 0 Å². The molecule has 1 aromatic heterocycles. The van der Waals surface area contributed by atoms with Crippen molar-refractivity contribution in [3.8, 4) is 0 Å². The van der Waals surface area contributed by atoms with Crippen molar-refractivity contribution < 1.29 is 22.5 Å². The van der Waals surface area contributed by atoms with E-state index in [1.807, 2.05) is 4.90 Å². The highest BCUT2D eigenvalue weighted by atomic mass is 32.1. The smallest absolute Gasteiger partial charge is 0.341 e. The Morgan fingerprint density at radius 1 is 1.04 bits per heavy atom. The van der Waals surface area contributed by atoms with Crippen LogP contribution in [0.2, 0.25) is 0 Å². The number of benzene rings is 1. The molecule has 2 N–H and O–H groups in total. The maximum atomic E-state index is 13.2. The van der Waals surface area contributed by atoms with Crippen LogP contribution in [0.4, 0.5) is 29.1 Å². The standard InChI is InChI=1S/C17H16F4N4S/c18-12-3-5-13(6-4-12)23-16(26)25-10-8-24(9-11-25)15-14(17(19,20)21)2-1-7-22-15/h1-7H,8-11H2,(H,23,26)/p+1. The number of hydrogen-bond acceptors (Lipinski definition) is 2. The van der Waals surface area contributed by atoms with Crippen molar-refractivity contribution in [2.24, 2.45) is 0 Å². The molecule has 26 heavy (non-hydrogen) atoms. The van der Waals surface area contributed by atoms with Crippen molar-refractivity contribution in [2.45, 2.75) is 6.18 Å². The summed E-state index contributed by atoms with van der Waals surface area (Å²) in [5.41, 5.74) is -0.0185. The van der Waals surface area contributed by atoms with E-state index in [2.05, 4.69) is 10.3 Å². The molecule has 0 radical (unpaired) electrons. The molecule has 1 aliphatic rings. The molecule has 1 aliphatic heterocycles. The van der Waals surface area contributed by atoms with E-state index in [0.29, 0.717) is 37.0 Å². The molecule has 2 heterocycles. The average Bonchev–Trinajstić information content (AvgIpc) is 2.63. The average molecular weight is 385 g/mol. The van der Waals surface area contributed by atoms with Gasteiger partial charge in [0.25, 0.3) is 5.82 Å². The number of aromatic amines is 1. The second kappa shape index (κ2) is 7.45. The fourth-order valence-electron chi connectivity index (χ4n) is 2.79. The molecule has 4 nitrogen and oxygen atoms in total. The van der Waals surface area contributed by atoms with Gasteiger partial charge in [-0.2, -0.15) is 13.2 Å². The predicted octanol–water partition coefficient (Wildman–Crippen LogP) is 3.18. The number of nitrogens with one attached hydrogen (secondary N) is 2. The monoisotopic (exact) mass is 385 g/mol. The summed E-state index contributed by atoms with van der Waals surface area (Å²) in [7, 11) is 0. The Balaban J connectivity index is 1.63. The van der Waals surface area contributed by atoms with Crippen LogP contribution in [0.15, 0.2) is 42.6 Å². The summed E-state index contributed by atoms with van der Waals surface area (Å²) in [5, 5.41) is 3.48. The minimum atomic E-state index is -4.41. The number of halogens is 4. The van der Waals surface area contributed by atoms with Gasteiger partial charge in [0.1, 0.15) is 24.5 Å². The molecule has 0 bridgehead atoms. The van der Waals surface area contributed by atoms with Gasteiger partial charge in [0.2, 0.25) is 0 Å². The number of rotatable bonds is 2. The summed E-state index contributed by atoms with van der Waals surface area (Å²) in [5.74, 6) is -0.272. The fraction of sp³-hybridized carbons (Fsp3) is 0.294. The number of piperazine rings is 1. The molecular weight excluding hydrogens is 368 g/mol. The molecule has 2 aromatic rings. The molecule has 0 atom stereocenters. The van der Waals surface area contributed by atoms with Gasteiger partial charge in [0, 0.05) is 5.69 Å². The predicted molar refractivity (Wildman–Crippen MR) is 94.4 cm³/mol. The van der Waals surface area contributed by atoms with Gasteiger partial charge in [-0.15, -0.1) is 0 Å². The Morgan fingerprint density at radius 3 is 2.31 bits per heavy atom. The molecular formula is C17H17F4N4S+. The van der Waals surface area contributed by atoms with Crippen LogP contribution in [-0.2, 0) is 6.18 Å². The molecule has 0 saturated carbocycles. The lowest BCUT2D eigenvalue weighted by Crippen LogP contribution is -2.51. The molecule has 1 saturated heterocycles. The van der Waals surface area contributed by atoms with E-state index in [1.165, 1.54) is 24.4 Å². The van der Waals surface area contributed by atoms with Crippen molar-refractivity contribution in [3.63, 3.8) is 0 Å². The van der Waals surface area contributed by atoms with Gasteiger partial charge in [-0.25, -0.2) is 9.37 Å². The van der Waals surface area contributed by atoms with Gasteiger partial charge in [-0.1, -0.05) is 0 Å². The van der Waals surface area contributed by atoms with Crippen LogP contribution in [0.25, 0.3) is 0 Å². The van der Waals surface area contributed by atoms with Gasteiger partial charge in [0.05, 0.1) is 19.3 Å². The molecule has 9 heteroatoms. The first-order valence-electron chi connectivity index (χ1n) is 7.99. The summed E-state index contributed by atoms with van der Waals surface area (Å²) >= 11 is 5.34. The third-order valence-corrected chi connectivity index (χ3v) is 4.48. The summed E-state index contributed by atoms with van der Waals surface area (Å²) in [6.07, 6.45) is -2.93. The second-order valence-electron chi connectivity index (χ2n) is 5.84. The number of alkyl halides is 3. The SMILES string of the molecule is Fc1ccc(NC(=S)N2CCN(c3[nH+]cccc3C(F)(F)F)CC2)cc1. The van der Waals surface area contributed by atoms with Crippen LogP contribution in [0, 0.1) is 5.82 Å². The first-order valence-corrected chi connectivity index (χ1v) is 8.40. The minimum absolute atomic E-state index is 0.0667. The molecule has 1 aromatic carbocycles. The van der Waals surface area contributed by atoms with Crippen molar-refractivity contribution in [2.75, 3.05) is 36.4 Å². The Hall–Kier alpha value is -2.42. The van der Waals surface area contributed by atoms with Crippen LogP contribution < -0.4 is 15.2 Å². The Kier molecular flexibility index (Phi) is 5.26. The third kappa shape index (κ3) is 4.21. The topological polar surface area (TPSA) is 32.6 Å². The summed E-state index contributed by atoms with van der Waals surface area (Å²) in [4.78, 5) is 6.25. The maximum absolute atomic E-state index is 13.2. The zero-order chi connectivity index (χ0) is 18.7. The van der Waals surface area contributed by atoms with Crippen LogP contribution in [-0.4, -0.2) is 36.2 Å². The van der Waals surface area contributed by atoms with E-state index in [1.54, 1.807) is 17.0 Å². The Labute approximate surface area is 153 Å². The Morgan fingerprint density at radius 2 is 1.69 bits per heavy atom. The van der Waals surface area contributed by atoms with Crippen LogP contribution in [0.1, 0.15) is 5.56 Å². The highest BCUT2D eigenvalue weighted by Gasteiger charge is 2.39. The molecule has 0 unspecified atom stereocenters. The number of pyridine rings is 1. The molecule has 138 valence electrons. The summed E-state index contributed by atoms with van der Waals surface area (Å²) in [6.45, 7) is 1.75. The number of H-pyrrole nitrogens is 1.